The minimum Gasteiger partial charge on any atom is -0.495 e. The Bertz CT molecular complexity index is 959. The Morgan fingerprint density at radius 2 is 2.03 bits per heavy atom. The van der Waals surface area contributed by atoms with Gasteiger partial charge in [-0.15, -0.1) is 0 Å². The van der Waals surface area contributed by atoms with Gasteiger partial charge in [0.15, 0.2) is 0 Å². The third kappa shape index (κ3) is 2.72. The summed E-state index contributed by atoms with van der Waals surface area (Å²) in [6.07, 6.45) is 15.9. The van der Waals surface area contributed by atoms with Crippen LogP contribution in [0.15, 0.2) is 47.8 Å². The second-order valence-corrected chi connectivity index (χ2v) is 9.57. The van der Waals surface area contributed by atoms with Crippen LogP contribution in [-0.2, 0) is 4.79 Å². The number of carbonyl (C=O) groups excluding carboxylic acids is 1. The summed E-state index contributed by atoms with van der Waals surface area (Å²) in [4.78, 5) is 16.5. The van der Waals surface area contributed by atoms with Crippen molar-refractivity contribution in [3.8, 4) is 5.75 Å². The van der Waals surface area contributed by atoms with Gasteiger partial charge < -0.3 is 10.1 Å². The fourth-order valence-corrected chi connectivity index (χ4v) is 6.65. The molecule has 0 spiro atoms. The van der Waals surface area contributed by atoms with E-state index in [-0.39, 0.29) is 16.7 Å². The molecule has 0 bridgehead atoms. The third-order valence-corrected chi connectivity index (χ3v) is 8.29. The van der Waals surface area contributed by atoms with Gasteiger partial charge in [0.25, 0.3) is 0 Å². The van der Waals surface area contributed by atoms with Crippen molar-refractivity contribution in [1.29, 1.82) is 0 Å². The Hall–Kier alpha value is -2.36. The predicted molar refractivity (Wildman–Crippen MR) is 114 cm³/mol. The van der Waals surface area contributed by atoms with Crippen LogP contribution in [0.2, 0.25) is 0 Å². The summed E-state index contributed by atoms with van der Waals surface area (Å²) < 4.78 is 5.42. The van der Waals surface area contributed by atoms with Crippen molar-refractivity contribution in [2.45, 2.75) is 46.0 Å². The van der Waals surface area contributed by atoms with Crippen molar-refractivity contribution >= 4 is 11.5 Å². The van der Waals surface area contributed by atoms with Gasteiger partial charge in [0, 0.05) is 29.8 Å². The molecule has 5 rings (SSSR count). The molecular formula is C25H30N2O2. The fraction of sp³-hybridized carbons (Fsp3) is 0.520. The molecular weight excluding hydrogens is 360 g/mol. The van der Waals surface area contributed by atoms with E-state index in [9.17, 15) is 4.79 Å². The van der Waals surface area contributed by atoms with E-state index >= 15 is 0 Å². The number of carbonyl (C=O) groups is 1. The van der Waals surface area contributed by atoms with E-state index in [0.717, 1.165) is 38.0 Å². The quantitative estimate of drug-likeness (QED) is 0.797. The molecule has 1 N–H and O–H groups in total. The van der Waals surface area contributed by atoms with E-state index in [1.165, 1.54) is 23.1 Å². The van der Waals surface area contributed by atoms with Gasteiger partial charge in [-0.3, -0.25) is 9.78 Å². The SMILES string of the molecule is COc1cncc(C2=CC=C3C4CCC5=CC(=O)NCCC5(C)C4CCC23C)c1. The molecule has 0 saturated heterocycles. The largest absolute Gasteiger partial charge is 0.495 e. The molecule has 0 aromatic carbocycles. The van der Waals surface area contributed by atoms with Gasteiger partial charge in [-0.2, -0.15) is 0 Å². The summed E-state index contributed by atoms with van der Waals surface area (Å²) in [7, 11) is 1.70. The number of allylic oxidation sites excluding steroid dienone is 5. The second kappa shape index (κ2) is 6.58. The molecule has 4 heteroatoms. The number of amides is 1. The first-order chi connectivity index (χ1) is 14.0. The first kappa shape index (κ1) is 18.7. The molecule has 1 aromatic heterocycles. The van der Waals surface area contributed by atoms with Crippen LogP contribution >= 0.6 is 0 Å². The number of nitrogens with zero attached hydrogens (tertiary/aromatic N) is 1. The van der Waals surface area contributed by atoms with Gasteiger partial charge in [-0.05, 0) is 61.0 Å². The highest BCUT2D eigenvalue weighted by Crippen LogP contribution is 2.64. The van der Waals surface area contributed by atoms with Crippen LogP contribution in [0, 0.1) is 22.7 Å². The fourth-order valence-electron chi connectivity index (χ4n) is 6.65. The number of ether oxygens (including phenoxy) is 1. The number of rotatable bonds is 2. The van der Waals surface area contributed by atoms with Gasteiger partial charge in [0.1, 0.15) is 5.75 Å². The van der Waals surface area contributed by atoms with Crippen LogP contribution in [0.3, 0.4) is 0 Å². The van der Waals surface area contributed by atoms with Crippen molar-refractivity contribution in [1.82, 2.24) is 10.3 Å². The minimum absolute atomic E-state index is 0.0750. The van der Waals surface area contributed by atoms with Crippen LogP contribution < -0.4 is 10.1 Å². The molecule has 4 aliphatic rings. The number of methoxy groups -OCH3 is 1. The highest BCUT2D eigenvalue weighted by Gasteiger charge is 2.54. The number of fused-ring (bicyclic) bond motifs is 5. The van der Waals surface area contributed by atoms with Crippen LogP contribution in [0.25, 0.3) is 5.57 Å². The van der Waals surface area contributed by atoms with E-state index in [4.69, 9.17) is 4.74 Å². The minimum atomic E-state index is 0.0750. The average Bonchev–Trinajstić information content (AvgIpc) is 2.99. The van der Waals surface area contributed by atoms with Crippen LogP contribution in [0.5, 0.6) is 5.75 Å². The standard InChI is InChI=1S/C25H30N2O2/c1-24-10-11-27-23(28)13-17(24)4-5-19-21-7-6-20(25(21,2)9-8-22(19)24)16-12-18(29-3)15-26-14-16/h6-7,12-15,19,22H,4-5,8-11H2,1-3H3,(H,27,28). The van der Waals surface area contributed by atoms with Gasteiger partial charge in [0.2, 0.25) is 5.91 Å². The zero-order valence-corrected chi connectivity index (χ0v) is 17.6. The monoisotopic (exact) mass is 390 g/mol. The van der Waals surface area contributed by atoms with Crippen molar-refractivity contribution in [2.75, 3.05) is 13.7 Å². The summed E-state index contributed by atoms with van der Waals surface area (Å²) >= 11 is 0. The van der Waals surface area contributed by atoms with Gasteiger partial charge in [0.05, 0.1) is 13.3 Å². The number of nitrogens with one attached hydrogen (secondary N) is 1. The van der Waals surface area contributed by atoms with Crippen LogP contribution in [-0.4, -0.2) is 24.5 Å². The van der Waals surface area contributed by atoms with Crippen molar-refractivity contribution in [3.05, 3.63) is 53.4 Å². The summed E-state index contributed by atoms with van der Waals surface area (Å²) in [6.45, 7) is 5.61. The van der Waals surface area contributed by atoms with Gasteiger partial charge in [-0.25, -0.2) is 0 Å². The highest BCUT2D eigenvalue weighted by molar-refractivity contribution is 5.89. The van der Waals surface area contributed by atoms with E-state index < -0.39 is 0 Å². The molecule has 152 valence electrons. The molecule has 1 aromatic rings. The number of hydrogen-bond donors (Lipinski definition) is 1. The van der Waals surface area contributed by atoms with Crippen LogP contribution in [0.4, 0.5) is 0 Å². The first-order valence-corrected chi connectivity index (χ1v) is 10.9. The predicted octanol–water partition coefficient (Wildman–Crippen LogP) is 4.69. The third-order valence-electron chi connectivity index (χ3n) is 8.29. The zero-order chi connectivity index (χ0) is 20.2. The maximum absolute atomic E-state index is 12.1. The second-order valence-electron chi connectivity index (χ2n) is 9.57. The maximum atomic E-state index is 12.1. The topological polar surface area (TPSA) is 51.2 Å². The summed E-state index contributed by atoms with van der Waals surface area (Å²) in [5.41, 5.74) is 5.72. The molecule has 1 amide bonds. The molecule has 2 heterocycles. The molecule has 3 aliphatic carbocycles. The number of pyridine rings is 1. The first-order valence-electron chi connectivity index (χ1n) is 10.9. The summed E-state index contributed by atoms with van der Waals surface area (Å²) in [5.74, 6) is 2.12. The van der Waals surface area contributed by atoms with Gasteiger partial charge in [-0.1, -0.05) is 37.1 Å². The Balaban J connectivity index is 1.48. The number of aromatic nitrogens is 1. The molecule has 0 radical (unpaired) electrons. The Labute approximate surface area is 173 Å². The number of hydrogen-bond acceptors (Lipinski definition) is 3. The maximum Gasteiger partial charge on any atom is 0.243 e. The lowest BCUT2D eigenvalue weighted by Crippen LogP contribution is -2.46. The van der Waals surface area contributed by atoms with Crippen molar-refractivity contribution in [2.24, 2.45) is 22.7 Å². The smallest absolute Gasteiger partial charge is 0.243 e. The molecule has 29 heavy (non-hydrogen) atoms. The van der Waals surface area contributed by atoms with E-state index in [1.807, 2.05) is 12.3 Å². The molecule has 2 saturated carbocycles. The van der Waals surface area contributed by atoms with Crippen molar-refractivity contribution in [3.63, 3.8) is 0 Å². The lowest BCUT2D eigenvalue weighted by Gasteiger charge is -2.55. The van der Waals surface area contributed by atoms with Crippen LogP contribution in [0.1, 0.15) is 51.5 Å². The van der Waals surface area contributed by atoms with Crippen molar-refractivity contribution < 1.29 is 9.53 Å². The Kier molecular flexibility index (Phi) is 4.23. The zero-order valence-electron chi connectivity index (χ0n) is 17.6. The molecule has 2 fully saturated rings. The molecule has 4 unspecified atom stereocenters. The summed E-state index contributed by atoms with van der Waals surface area (Å²) in [6, 6.07) is 2.11. The average molecular weight is 391 g/mol. The van der Waals surface area contributed by atoms with E-state index in [1.54, 1.807) is 18.9 Å². The van der Waals surface area contributed by atoms with E-state index in [0.29, 0.717) is 11.8 Å². The molecule has 1 aliphatic heterocycles. The normalized spacial score (nSPS) is 35.8. The molecule has 4 nitrogen and oxygen atoms in total. The van der Waals surface area contributed by atoms with E-state index in [2.05, 4.69) is 42.4 Å². The van der Waals surface area contributed by atoms with Gasteiger partial charge >= 0.3 is 0 Å². The molecule has 4 atom stereocenters. The summed E-state index contributed by atoms with van der Waals surface area (Å²) in [5, 5.41) is 3.06. The lowest BCUT2D eigenvalue weighted by molar-refractivity contribution is -0.116. The lowest BCUT2D eigenvalue weighted by atomic mass is 9.49. The Morgan fingerprint density at radius 1 is 1.17 bits per heavy atom. The Morgan fingerprint density at radius 3 is 2.86 bits per heavy atom. The highest BCUT2D eigenvalue weighted by atomic mass is 16.5.